The predicted octanol–water partition coefficient (Wildman–Crippen LogP) is 1.21. The quantitative estimate of drug-likeness (QED) is 0.557. The normalized spacial score (nSPS) is 11.1. The third-order valence-corrected chi connectivity index (χ3v) is 2.75. The molecule has 16 heavy (non-hydrogen) atoms. The molecule has 0 unspecified atom stereocenters. The lowest BCUT2D eigenvalue weighted by atomic mass is 10.3. The van der Waals surface area contributed by atoms with Crippen LogP contribution >= 0.6 is 0 Å². The highest BCUT2D eigenvalue weighted by molar-refractivity contribution is 5.71. The molecule has 0 saturated carbocycles. The first kappa shape index (κ1) is 15.4. The average molecular weight is 230 g/mol. The Morgan fingerprint density at radius 1 is 1.00 bits per heavy atom. The molecule has 0 amide bonds. The smallest absolute Gasteiger partial charge is 0.319 e. The number of hydrogen-bond acceptors (Lipinski definition) is 4. The van der Waals surface area contributed by atoms with E-state index < -0.39 is 0 Å². The molecule has 0 aromatic carbocycles. The number of carbonyl (C=O) groups is 1. The largest absolute Gasteiger partial charge is 0.468 e. The monoisotopic (exact) mass is 230 g/mol. The van der Waals surface area contributed by atoms with Crippen LogP contribution < -0.4 is 0 Å². The van der Waals surface area contributed by atoms with Crippen LogP contribution in [0, 0.1) is 0 Å². The molecule has 0 rings (SSSR count). The van der Waals surface area contributed by atoms with Gasteiger partial charge in [0, 0.05) is 13.1 Å². The molecular formula is C12H26N2O2. The number of nitrogens with zero attached hydrogens (tertiary/aromatic N) is 2. The van der Waals surface area contributed by atoms with Crippen LogP contribution in [0.15, 0.2) is 0 Å². The second-order valence-corrected chi connectivity index (χ2v) is 3.88. The van der Waals surface area contributed by atoms with Gasteiger partial charge < -0.3 is 9.64 Å². The standard InChI is InChI=1S/C12H26N2O2/c1-5-8-14(11-12(15)16-4)10-9-13(6-2)7-3/h5-11H2,1-4H3. The highest BCUT2D eigenvalue weighted by Gasteiger charge is 2.10. The Morgan fingerprint density at radius 3 is 2.00 bits per heavy atom. The minimum absolute atomic E-state index is 0.145. The first-order chi connectivity index (χ1) is 7.67. The summed E-state index contributed by atoms with van der Waals surface area (Å²) in [6, 6.07) is 0. The fourth-order valence-corrected chi connectivity index (χ4v) is 1.66. The molecule has 0 atom stereocenters. The first-order valence-electron chi connectivity index (χ1n) is 6.19. The van der Waals surface area contributed by atoms with Crippen molar-refractivity contribution in [3.05, 3.63) is 0 Å². The van der Waals surface area contributed by atoms with E-state index >= 15 is 0 Å². The number of carbonyl (C=O) groups excluding carboxylic acids is 1. The lowest BCUT2D eigenvalue weighted by Gasteiger charge is -2.24. The van der Waals surface area contributed by atoms with Crippen LogP contribution in [0.1, 0.15) is 27.2 Å². The molecule has 0 aromatic heterocycles. The van der Waals surface area contributed by atoms with Crippen molar-refractivity contribution < 1.29 is 9.53 Å². The van der Waals surface area contributed by atoms with E-state index in [1.165, 1.54) is 7.11 Å². The van der Waals surface area contributed by atoms with E-state index in [1.807, 2.05) is 0 Å². The third-order valence-electron chi connectivity index (χ3n) is 2.75. The molecule has 4 heteroatoms. The number of likely N-dealkylation sites (N-methyl/N-ethyl adjacent to an activating group) is 1. The summed E-state index contributed by atoms with van der Waals surface area (Å²) in [7, 11) is 1.44. The van der Waals surface area contributed by atoms with E-state index in [2.05, 4.69) is 30.6 Å². The van der Waals surface area contributed by atoms with Crippen LogP contribution in [0.5, 0.6) is 0 Å². The number of hydrogen-bond donors (Lipinski definition) is 0. The second kappa shape index (κ2) is 9.60. The summed E-state index contributed by atoms with van der Waals surface area (Å²) in [6.45, 7) is 11.9. The summed E-state index contributed by atoms with van der Waals surface area (Å²) in [5.74, 6) is -0.145. The maximum absolute atomic E-state index is 11.2. The summed E-state index contributed by atoms with van der Waals surface area (Å²) in [6.07, 6.45) is 1.06. The molecule has 0 radical (unpaired) electrons. The fourth-order valence-electron chi connectivity index (χ4n) is 1.66. The van der Waals surface area contributed by atoms with Crippen molar-refractivity contribution in [3.63, 3.8) is 0 Å². The molecule has 0 saturated heterocycles. The van der Waals surface area contributed by atoms with E-state index in [0.717, 1.165) is 39.1 Å². The van der Waals surface area contributed by atoms with Crippen LogP contribution in [0.3, 0.4) is 0 Å². The van der Waals surface area contributed by atoms with Gasteiger partial charge in [-0.05, 0) is 26.1 Å². The van der Waals surface area contributed by atoms with Crippen LogP contribution in [-0.4, -0.2) is 62.1 Å². The van der Waals surface area contributed by atoms with Gasteiger partial charge in [0.15, 0.2) is 0 Å². The molecule has 0 aromatic rings. The summed E-state index contributed by atoms with van der Waals surface area (Å²) in [5.41, 5.74) is 0. The lowest BCUT2D eigenvalue weighted by Crippen LogP contribution is -2.38. The van der Waals surface area contributed by atoms with Gasteiger partial charge in [-0.3, -0.25) is 9.69 Å². The Labute approximate surface area is 99.5 Å². The molecule has 0 bridgehead atoms. The van der Waals surface area contributed by atoms with E-state index in [1.54, 1.807) is 0 Å². The van der Waals surface area contributed by atoms with Gasteiger partial charge in [-0.25, -0.2) is 0 Å². The van der Waals surface area contributed by atoms with Gasteiger partial charge in [-0.15, -0.1) is 0 Å². The Morgan fingerprint density at radius 2 is 1.56 bits per heavy atom. The molecule has 0 aliphatic carbocycles. The third kappa shape index (κ3) is 6.80. The Kier molecular flexibility index (Phi) is 9.24. The van der Waals surface area contributed by atoms with Crippen molar-refractivity contribution in [1.82, 2.24) is 9.80 Å². The molecule has 0 N–H and O–H groups in total. The van der Waals surface area contributed by atoms with E-state index in [0.29, 0.717) is 6.54 Å². The highest BCUT2D eigenvalue weighted by atomic mass is 16.5. The van der Waals surface area contributed by atoms with Crippen molar-refractivity contribution in [2.24, 2.45) is 0 Å². The number of ether oxygens (including phenoxy) is 1. The Balaban J connectivity index is 3.96. The van der Waals surface area contributed by atoms with Crippen LogP contribution in [0.25, 0.3) is 0 Å². The highest BCUT2D eigenvalue weighted by Crippen LogP contribution is 1.95. The van der Waals surface area contributed by atoms with Crippen molar-refractivity contribution >= 4 is 5.97 Å². The van der Waals surface area contributed by atoms with Gasteiger partial charge in [0.05, 0.1) is 13.7 Å². The molecule has 0 heterocycles. The van der Waals surface area contributed by atoms with Crippen molar-refractivity contribution in [1.29, 1.82) is 0 Å². The van der Waals surface area contributed by atoms with E-state index in [9.17, 15) is 4.79 Å². The lowest BCUT2D eigenvalue weighted by molar-refractivity contribution is -0.142. The molecule has 0 aliphatic heterocycles. The van der Waals surface area contributed by atoms with Crippen LogP contribution in [-0.2, 0) is 9.53 Å². The van der Waals surface area contributed by atoms with Gasteiger partial charge in [-0.1, -0.05) is 20.8 Å². The SMILES string of the molecule is CCCN(CCN(CC)CC)CC(=O)OC. The topological polar surface area (TPSA) is 32.8 Å². The van der Waals surface area contributed by atoms with E-state index in [-0.39, 0.29) is 5.97 Å². The Bertz CT molecular complexity index is 182. The zero-order chi connectivity index (χ0) is 12.4. The maximum Gasteiger partial charge on any atom is 0.319 e. The molecule has 0 spiro atoms. The fraction of sp³-hybridized carbons (Fsp3) is 0.917. The number of methoxy groups -OCH3 is 1. The van der Waals surface area contributed by atoms with Gasteiger partial charge in [0.25, 0.3) is 0 Å². The molecule has 0 fully saturated rings. The summed E-state index contributed by atoms with van der Waals surface area (Å²) in [5, 5.41) is 0. The van der Waals surface area contributed by atoms with Gasteiger partial charge in [-0.2, -0.15) is 0 Å². The molecule has 4 nitrogen and oxygen atoms in total. The zero-order valence-electron chi connectivity index (χ0n) is 11.2. The minimum atomic E-state index is -0.145. The summed E-state index contributed by atoms with van der Waals surface area (Å²) in [4.78, 5) is 15.7. The van der Waals surface area contributed by atoms with E-state index in [4.69, 9.17) is 4.74 Å². The van der Waals surface area contributed by atoms with Gasteiger partial charge in [0.1, 0.15) is 0 Å². The molecule has 0 aliphatic rings. The van der Waals surface area contributed by atoms with Gasteiger partial charge in [0.2, 0.25) is 0 Å². The van der Waals surface area contributed by atoms with Crippen molar-refractivity contribution in [3.8, 4) is 0 Å². The van der Waals surface area contributed by atoms with Crippen molar-refractivity contribution in [2.75, 3.05) is 46.4 Å². The van der Waals surface area contributed by atoms with Crippen LogP contribution in [0.2, 0.25) is 0 Å². The minimum Gasteiger partial charge on any atom is -0.468 e. The van der Waals surface area contributed by atoms with Crippen molar-refractivity contribution in [2.45, 2.75) is 27.2 Å². The molecular weight excluding hydrogens is 204 g/mol. The zero-order valence-corrected chi connectivity index (χ0v) is 11.2. The summed E-state index contributed by atoms with van der Waals surface area (Å²) < 4.78 is 4.69. The summed E-state index contributed by atoms with van der Waals surface area (Å²) >= 11 is 0. The predicted molar refractivity (Wildman–Crippen MR) is 66.5 cm³/mol. The second-order valence-electron chi connectivity index (χ2n) is 3.88. The molecule has 96 valence electrons. The number of esters is 1. The average Bonchev–Trinajstić information content (AvgIpc) is 2.30. The van der Waals surface area contributed by atoms with Crippen LogP contribution in [0.4, 0.5) is 0 Å². The Hall–Kier alpha value is -0.610. The number of rotatable bonds is 9. The first-order valence-corrected chi connectivity index (χ1v) is 6.19. The maximum atomic E-state index is 11.2. The van der Waals surface area contributed by atoms with Gasteiger partial charge >= 0.3 is 5.97 Å².